The van der Waals surface area contributed by atoms with Crippen LogP contribution in [0.4, 0.5) is 11.6 Å². The van der Waals surface area contributed by atoms with Crippen LogP contribution < -0.4 is 10.6 Å². The lowest BCUT2D eigenvalue weighted by molar-refractivity contribution is 0.0870. The van der Waals surface area contributed by atoms with Crippen LogP contribution in [-0.2, 0) is 4.74 Å². The third kappa shape index (κ3) is 4.87. The topological polar surface area (TPSA) is 59.1 Å². The highest BCUT2D eigenvalue weighted by Crippen LogP contribution is 2.25. The number of halogens is 1. The Kier molecular flexibility index (Phi) is 6.21. The van der Waals surface area contributed by atoms with Gasteiger partial charge in [0.2, 0.25) is 0 Å². The lowest BCUT2D eigenvalue weighted by Crippen LogP contribution is -2.14. The average molecular weight is 303 g/mol. The van der Waals surface area contributed by atoms with Gasteiger partial charge in [-0.2, -0.15) is 0 Å². The zero-order valence-electron chi connectivity index (χ0n) is 10.5. The summed E-state index contributed by atoms with van der Waals surface area (Å²) in [4.78, 5) is 8.32. The van der Waals surface area contributed by atoms with Gasteiger partial charge in [0.15, 0.2) is 0 Å². The van der Waals surface area contributed by atoms with Crippen LogP contribution in [0.5, 0.6) is 0 Å². The Morgan fingerprint density at radius 1 is 1.29 bits per heavy atom. The highest BCUT2D eigenvalue weighted by atomic mass is 79.9. The fourth-order valence-corrected chi connectivity index (χ4v) is 1.73. The summed E-state index contributed by atoms with van der Waals surface area (Å²) in [6.07, 6.45) is 1.79. The Morgan fingerprint density at radius 2 is 1.94 bits per heavy atom. The van der Waals surface area contributed by atoms with Crippen LogP contribution in [0.3, 0.4) is 0 Å². The van der Waals surface area contributed by atoms with Crippen molar-refractivity contribution >= 4 is 27.6 Å². The molecule has 5 nitrogen and oxygen atoms in total. The third-order valence-electron chi connectivity index (χ3n) is 1.98. The molecule has 0 spiro atoms. The summed E-state index contributed by atoms with van der Waals surface area (Å²) in [5.74, 6) is 1.58. The van der Waals surface area contributed by atoms with Gasteiger partial charge in [0.25, 0.3) is 0 Å². The molecule has 0 bridgehead atoms. The second-order valence-electron chi connectivity index (χ2n) is 3.76. The third-order valence-corrected chi connectivity index (χ3v) is 2.73. The molecule has 96 valence electrons. The second kappa shape index (κ2) is 7.45. The van der Waals surface area contributed by atoms with Crippen molar-refractivity contribution in [1.29, 1.82) is 0 Å². The molecule has 0 atom stereocenters. The normalized spacial score (nSPS) is 10.6. The zero-order chi connectivity index (χ0) is 12.7. The summed E-state index contributed by atoms with van der Waals surface area (Å²) >= 11 is 3.47. The molecule has 0 unspecified atom stereocenters. The standard InChI is InChI=1S/C11H19BrN4O/c1-4-13-10-9(12)11(16-7-15-10)14-5-6-17-8(2)3/h7-8H,4-6H2,1-3H3,(H2,13,14,15,16). The van der Waals surface area contributed by atoms with Crippen molar-refractivity contribution in [1.82, 2.24) is 9.97 Å². The van der Waals surface area contributed by atoms with Crippen molar-refractivity contribution in [3.8, 4) is 0 Å². The fraction of sp³-hybridized carbons (Fsp3) is 0.636. The van der Waals surface area contributed by atoms with Gasteiger partial charge in [-0.15, -0.1) is 0 Å². The van der Waals surface area contributed by atoms with Gasteiger partial charge >= 0.3 is 0 Å². The van der Waals surface area contributed by atoms with Crippen molar-refractivity contribution in [2.75, 3.05) is 30.3 Å². The first-order chi connectivity index (χ1) is 8.15. The van der Waals surface area contributed by atoms with Crippen LogP contribution in [0.2, 0.25) is 0 Å². The molecule has 0 aliphatic heterocycles. The molecular formula is C11H19BrN4O. The van der Waals surface area contributed by atoms with Crippen LogP contribution >= 0.6 is 15.9 Å². The first kappa shape index (κ1) is 14.2. The first-order valence-electron chi connectivity index (χ1n) is 5.75. The van der Waals surface area contributed by atoms with Crippen LogP contribution in [-0.4, -0.2) is 35.8 Å². The van der Waals surface area contributed by atoms with E-state index >= 15 is 0 Å². The van der Waals surface area contributed by atoms with Gasteiger partial charge in [-0.25, -0.2) is 9.97 Å². The van der Waals surface area contributed by atoms with Gasteiger partial charge < -0.3 is 15.4 Å². The monoisotopic (exact) mass is 302 g/mol. The highest BCUT2D eigenvalue weighted by Gasteiger charge is 2.07. The van der Waals surface area contributed by atoms with E-state index in [1.807, 2.05) is 20.8 Å². The summed E-state index contributed by atoms with van der Waals surface area (Å²) in [5, 5.41) is 6.36. The van der Waals surface area contributed by atoms with Gasteiger partial charge in [-0.1, -0.05) is 0 Å². The average Bonchev–Trinajstić information content (AvgIpc) is 2.29. The highest BCUT2D eigenvalue weighted by molar-refractivity contribution is 9.10. The quantitative estimate of drug-likeness (QED) is 0.758. The molecule has 0 aliphatic carbocycles. The molecule has 17 heavy (non-hydrogen) atoms. The molecule has 2 N–H and O–H groups in total. The minimum atomic E-state index is 0.253. The number of nitrogens with zero attached hydrogens (tertiary/aromatic N) is 2. The van der Waals surface area contributed by atoms with E-state index in [4.69, 9.17) is 4.74 Å². The van der Waals surface area contributed by atoms with E-state index in [9.17, 15) is 0 Å². The Balaban J connectivity index is 2.50. The predicted molar refractivity (Wildman–Crippen MR) is 73.5 cm³/mol. The minimum absolute atomic E-state index is 0.253. The molecule has 1 heterocycles. The van der Waals surface area contributed by atoms with E-state index in [0.717, 1.165) is 29.2 Å². The van der Waals surface area contributed by atoms with Crippen LogP contribution in [0.15, 0.2) is 10.8 Å². The largest absolute Gasteiger partial charge is 0.377 e. The first-order valence-corrected chi connectivity index (χ1v) is 6.54. The molecule has 1 aromatic heterocycles. The van der Waals surface area contributed by atoms with E-state index in [-0.39, 0.29) is 6.10 Å². The number of rotatable bonds is 7. The molecule has 1 rings (SSSR count). The zero-order valence-corrected chi connectivity index (χ0v) is 12.0. The Morgan fingerprint density at radius 3 is 2.53 bits per heavy atom. The van der Waals surface area contributed by atoms with Crippen molar-refractivity contribution in [3.63, 3.8) is 0 Å². The minimum Gasteiger partial charge on any atom is -0.377 e. The lowest BCUT2D eigenvalue weighted by atomic mass is 10.4. The van der Waals surface area contributed by atoms with Gasteiger partial charge in [0.1, 0.15) is 22.4 Å². The molecule has 1 aromatic rings. The van der Waals surface area contributed by atoms with Gasteiger partial charge in [0, 0.05) is 13.1 Å². The fourth-order valence-electron chi connectivity index (χ4n) is 1.25. The maximum Gasteiger partial charge on any atom is 0.146 e. The van der Waals surface area contributed by atoms with Crippen molar-refractivity contribution in [3.05, 3.63) is 10.8 Å². The maximum absolute atomic E-state index is 5.44. The maximum atomic E-state index is 5.44. The Labute approximate surface area is 111 Å². The molecule has 0 fully saturated rings. The van der Waals surface area contributed by atoms with E-state index in [2.05, 4.69) is 36.5 Å². The number of nitrogens with one attached hydrogen (secondary N) is 2. The second-order valence-corrected chi connectivity index (χ2v) is 4.55. The number of hydrogen-bond acceptors (Lipinski definition) is 5. The summed E-state index contributed by atoms with van der Waals surface area (Å²) in [6, 6.07) is 0. The Hall–Kier alpha value is -0.880. The lowest BCUT2D eigenvalue weighted by Gasteiger charge is -2.12. The summed E-state index contributed by atoms with van der Waals surface area (Å²) < 4.78 is 6.30. The molecule has 0 aromatic carbocycles. The van der Waals surface area contributed by atoms with Crippen LogP contribution in [0, 0.1) is 0 Å². The van der Waals surface area contributed by atoms with Crippen molar-refractivity contribution in [2.45, 2.75) is 26.9 Å². The molecule has 0 saturated heterocycles. The number of ether oxygens (including phenoxy) is 1. The molecule has 0 amide bonds. The molecule has 0 aliphatic rings. The number of hydrogen-bond donors (Lipinski definition) is 2. The molecular weight excluding hydrogens is 284 g/mol. The van der Waals surface area contributed by atoms with E-state index < -0.39 is 0 Å². The van der Waals surface area contributed by atoms with Gasteiger partial charge in [0.05, 0.1) is 12.7 Å². The van der Waals surface area contributed by atoms with Gasteiger partial charge in [-0.3, -0.25) is 0 Å². The van der Waals surface area contributed by atoms with E-state index in [0.29, 0.717) is 6.61 Å². The number of aromatic nitrogens is 2. The smallest absolute Gasteiger partial charge is 0.146 e. The van der Waals surface area contributed by atoms with Crippen molar-refractivity contribution < 1.29 is 4.74 Å². The van der Waals surface area contributed by atoms with Crippen LogP contribution in [0.1, 0.15) is 20.8 Å². The number of anilines is 2. The summed E-state index contributed by atoms with van der Waals surface area (Å²) in [7, 11) is 0. The van der Waals surface area contributed by atoms with E-state index in [1.165, 1.54) is 6.33 Å². The van der Waals surface area contributed by atoms with E-state index in [1.54, 1.807) is 0 Å². The molecule has 6 heteroatoms. The van der Waals surface area contributed by atoms with Crippen LogP contribution in [0.25, 0.3) is 0 Å². The summed E-state index contributed by atoms with van der Waals surface area (Å²) in [6.45, 7) is 8.27. The Bertz CT molecular complexity index is 346. The van der Waals surface area contributed by atoms with Crippen molar-refractivity contribution in [2.24, 2.45) is 0 Å². The SMILES string of the molecule is CCNc1ncnc(NCCOC(C)C)c1Br. The van der Waals surface area contributed by atoms with Gasteiger partial charge in [-0.05, 0) is 36.7 Å². The summed E-state index contributed by atoms with van der Waals surface area (Å²) in [5.41, 5.74) is 0. The molecule has 0 saturated carbocycles. The predicted octanol–water partition coefficient (Wildman–Crippen LogP) is 2.51. The molecule has 0 radical (unpaired) electrons.